The largest absolute Gasteiger partial charge is 0.369 e. The molecule has 1 heterocycles. The maximum Gasteiger partial charge on any atom is 0.137 e. The van der Waals surface area contributed by atoms with Crippen molar-refractivity contribution in [2.24, 2.45) is 11.8 Å². The second-order valence-corrected chi connectivity index (χ2v) is 5.05. The smallest absolute Gasteiger partial charge is 0.137 e. The highest BCUT2D eigenvalue weighted by atomic mass is 35.5. The molecule has 16 heavy (non-hydrogen) atoms. The minimum atomic E-state index is 0.539. The quantitative estimate of drug-likeness (QED) is 0.823. The monoisotopic (exact) mass is 239 g/mol. The fourth-order valence-electron chi connectivity index (χ4n) is 2.36. The summed E-state index contributed by atoms with van der Waals surface area (Å²) < 4.78 is 0. The van der Waals surface area contributed by atoms with Crippen LogP contribution in [-0.2, 0) is 0 Å². The van der Waals surface area contributed by atoms with Gasteiger partial charge in [-0.15, -0.1) is 0 Å². The van der Waals surface area contributed by atoms with Crippen molar-refractivity contribution in [1.29, 1.82) is 0 Å². The zero-order valence-electron chi connectivity index (χ0n) is 9.83. The first kappa shape index (κ1) is 11.6. The highest BCUT2D eigenvalue weighted by Crippen LogP contribution is 2.31. The second kappa shape index (κ2) is 5.00. The van der Waals surface area contributed by atoms with E-state index in [4.69, 9.17) is 11.6 Å². The molecule has 0 amide bonds. The average molecular weight is 240 g/mol. The molecule has 0 spiro atoms. The van der Waals surface area contributed by atoms with E-state index in [9.17, 15) is 0 Å². The van der Waals surface area contributed by atoms with Crippen molar-refractivity contribution in [2.75, 3.05) is 11.9 Å². The maximum atomic E-state index is 5.95. The summed E-state index contributed by atoms with van der Waals surface area (Å²) in [4.78, 5) is 8.17. The molecule has 0 saturated heterocycles. The van der Waals surface area contributed by atoms with Crippen molar-refractivity contribution in [2.45, 2.75) is 33.1 Å². The highest BCUT2D eigenvalue weighted by molar-refractivity contribution is 6.30. The van der Waals surface area contributed by atoms with E-state index in [0.29, 0.717) is 5.15 Å². The number of aromatic nitrogens is 2. The first-order valence-corrected chi connectivity index (χ1v) is 6.27. The molecule has 0 radical (unpaired) electrons. The van der Waals surface area contributed by atoms with Crippen molar-refractivity contribution in [3.8, 4) is 0 Å². The molecule has 1 aliphatic rings. The molecule has 1 aromatic rings. The van der Waals surface area contributed by atoms with E-state index in [-0.39, 0.29) is 0 Å². The predicted molar refractivity (Wildman–Crippen MR) is 66.8 cm³/mol. The third-order valence-corrected chi connectivity index (χ3v) is 3.97. The normalized spacial score (nSPS) is 24.7. The molecule has 0 aromatic carbocycles. The summed E-state index contributed by atoms with van der Waals surface area (Å²) in [5.41, 5.74) is 0.940. The first-order valence-electron chi connectivity index (χ1n) is 5.89. The van der Waals surface area contributed by atoms with E-state index in [1.54, 1.807) is 0 Å². The first-order chi connectivity index (χ1) is 7.68. The number of anilines is 1. The fourth-order valence-corrected chi connectivity index (χ4v) is 2.49. The van der Waals surface area contributed by atoms with Crippen LogP contribution in [0.5, 0.6) is 0 Å². The van der Waals surface area contributed by atoms with E-state index in [1.165, 1.54) is 25.6 Å². The lowest BCUT2D eigenvalue weighted by Crippen LogP contribution is -2.17. The van der Waals surface area contributed by atoms with Gasteiger partial charge in [-0.25, -0.2) is 9.97 Å². The molecule has 88 valence electrons. The minimum Gasteiger partial charge on any atom is -0.369 e. The Morgan fingerprint density at radius 3 is 2.94 bits per heavy atom. The van der Waals surface area contributed by atoms with Crippen molar-refractivity contribution >= 4 is 17.4 Å². The van der Waals surface area contributed by atoms with Crippen LogP contribution in [-0.4, -0.2) is 16.5 Å². The molecule has 1 N–H and O–H groups in total. The molecule has 1 aromatic heterocycles. The molecule has 0 aliphatic heterocycles. The summed E-state index contributed by atoms with van der Waals surface area (Å²) in [6.45, 7) is 5.28. The SMILES string of the molecule is Cc1c(Cl)ncnc1NCC1CCCC1C. The Balaban J connectivity index is 1.96. The standard InChI is InChI=1S/C12H18ClN3/c1-8-4-3-5-10(8)6-14-12-9(2)11(13)15-7-16-12/h7-8,10H,3-6H2,1-2H3,(H,14,15,16). The Morgan fingerprint density at radius 1 is 1.44 bits per heavy atom. The zero-order chi connectivity index (χ0) is 11.5. The van der Waals surface area contributed by atoms with Gasteiger partial charge >= 0.3 is 0 Å². The number of nitrogens with zero attached hydrogens (tertiary/aromatic N) is 2. The summed E-state index contributed by atoms with van der Waals surface area (Å²) in [7, 11) is 0. The van der Waals surface area contributed by atoms with Crippen molar-refractivity contribution in [1.82, 2.24) is 9.97 Å². The molecule has 2 rings (SSSR count). The van der Waals surface area contributed by atoms with Gasteiger partial charge in [0, 0.05) is 12.1 Å². The second-order valence-electron chi connectivity index (χ2n) is 4.69. The lowest BCUT2D eigenvalue weighted by Gasteiger charge is -2.17. The Morgan fingerprint density at radius 2 is 2.25 bits per heavy atom. The summed E-state index contributed by atoms with van der Waals surface area (Å²) in [5, 5.41) is 3.93. The highest BCUT2D eigenvalue weighted by Gasteiger charge is 2.23. The maximum absolute atomic E-state index is 5.95. The summed E-state index contributed by atoms with van der Waals surface area (Å²) in [6, 6.07) is 0. The molecular formula is C12H18ClN3. The van der Waals surface area contributed by atoms with E-state index >= 15 is 0 Å². The summed E-state index contributed by atoms with van der Waals surface area (Å²) in [6.07, 6.45) is 5.55. The number of rotatable bonds is 3. The number of nitrogens with one attached hydrogen (secondary N) is 1. The van der Waals surface area contributed by atoms with Gasteiger partial charge in [-0.2, -0.15) is 0 Å². The molecule has 1 fully saturated rings. The summed E-state index contributed by atoms with van der Waals surface area (Å²) in [5.74, 6) is 2.47. The van der Waals surface area contributed by atoms with Gasteiger partial charge in [0.15, 0.2) is 0 Å². The Hall–Kier alpha value is -0.830. The molecule has 3 nitrogen and oxygen atoms in total. The molecular weight excluding hydrogens is 222 g/mol. The van der Waals surface area contributed by atoms with Crippen LogP contribution in [0.3, 0.4) is 0 Å². The van der Waals surface area contributed by atoms with Crippen molar-refractivity contribution in [3.05, 3.63) is 17.0 Å². The van der Waals surface area contributed by atoms with Crippen LogP contribution in [0.4, 0.5) is 5.82 Å². The molecule has 2 atom stereocenters. The lowest BCUT2D eigenvalue weighted by molar-refractivity contribution is 0.439. The van der Waals surface area contributed by atoms with Gasteiger partial charge in [0.05, 0.1) is 0 Å². The van der Waals surface area contributed by atoms with E-state index in [1.807, 2.05) is 6.92 Å². The zero-order valence-corrected chi connectivity index (χ0v) is 10.6. The van der Waals surface area contributed by atoms with Gasteiger partial charge in [0.25, 0.3) is 0 Å². The van der Waals surface area contributed by atoms with Crippen LogP contribution in [0.1, 0.15) is 31.7 Å². The number of hydrogen-bond acceptors (Lipinski definition) is 3. The van der Waals surface area contributed by atoms with Crippen LogP contribution in [0.15, 0.2) is 6.33 Å². The van der Waals surface area contributed by atoms with Crippen molar-refractivity contribution in [3.63, 3.8) is 0 Å². The molecule has 1 aliphatic carbocycles. The average Bonchev–Trinajstić information content (AvgIpc) is 2.67. The third kappa shape index (κ3) is 2.46. The lowest BCUT2D eigenvalue weighted by atomic mass is 9.98. The van der Waals surface area contributed by atoms with Crippen LogP contribution in [0.2, 0.25) is 5.15 Å². The van der Waals surface area contributed by atoms with Gasteiger partial charge < -0.3 is 5.32 Å². The fraction of sp³-hybridized carbons (Fsp3) is 0.667. The topological polar surface area (TPSA) is 37.8 Å². The number of halogens is 1. The van der Waals surface area contributed by atoms with Crippen LogP contribution in [0.25, 0.3) is 0 Å². The predicted octanol–water partition coefficient (Wildman–Crippen LogP) is 3.29. The molecule has 0 bridgehead atoms. The van der Waals surface area contributed by atoms with Crippen LogP contribution < -0.4 is 5.32 Å². The molecule has 2 unspecified atom stereocenters. The molecule has 4 heteroatoms. The van der Waals surface area contributed by atoms with Gasteiger partial charge in [-0.1, -0.05) is 31.4 Å². The van der Waals surface area contributed by atoms with Crippen LogP contribution >= 0.6 is 11.6 Å². The van der Waals surface area contributed by atoms with E-state index < -0.39 is 0 Å². The molecule has 1 saturated carbocycles. The van der Waals surface area contributed by atoms with Crippen LogP contribution in [0, 0.1) is 18.8 Å². The minimum absolute atomic E-state index is 0.539. The van der Waals surface area contributed by atoms with Gasteiger partial charge in [-0.05, 0) is 25.2 Å². The number of hydrogen-bond donors (Lipinski definition) is 1. The van der Waals surface area contributed by atoms with Gasteiger partial charge in [0.2, 0.25) is 0 Å². The van der Waals surface area contributed by atoms with Gasteiger partial charge in [-0.3, -0.25) is 0 Å². The summed E-state index contributed by atoms with van der Waals surface area (Å²) >= 11 is 5.95. The van der Waals surface area contributed by atoms with E-state index in [0.717, 1.165) is 29.8 Å². The Kier molecular flexibility index (Phi) is 3.64. The third-order valence-electron chi connectivity index (χ3n) is 3.59. The Labute approximate surface area is 102 Å². The van der Waals surface area contributed by atoms with Gasteiger partial charge in [0.1, 0.15) is 17.3 Å². The Bertz CT molecular complexity index is 367. The van der Waals surface area contributed by atoms with Crippen molar-refractivity contribution < 1.29 is 0 Å². The van der Waals surface area contributed by atoms with E-state index in [2.05, 4.69) is 22.2 Å².